The lowest BCUT2D eigenvalue weighted by atomic mass is 10.1. The third-order valence-electron chi connectivity index (χ3n) is 2.99. The smallest absolute Gasteiger partial charge is 0.222 e. The quantitative estimate of drug-likeness (QED) is 0.882. The Morgan fingerprint density at radius 2 is 2.06 bits per heavy atom. The molecule has 1 aliphatic carbocycles. The van der Waals surface area contributed by atoms with Crippen molar-refractivity contribution in [3.8, 4) is 0 Å². The van der Waals surface area contributed by atoms with E-state index in [-0.39, 0.29) is 0 Å². The zero-order chi connectivity index (χ0) is 11.7. The van der Waals surface area contributed by atoms with Crippen molar-refractivity contribution >= 4 is 17.5 Å². The van der Waals surface area contributed by atoms with Crippen LogP contribution in [-0.4, -0.2) is 16.0 Å². The number of hydrogen-bond acceptors (Lipinski definition) is 3. The summed E-state index contributed by atoms with van der Waals surface area (Å²) in [6.45, 7) is 0. The van der Waals surface area contributed by atoms with Crippen LogP contribution < -0.4 is 5.32 Å². The molecule has 2 aromatic rings. The molecule has 1 N–H and O–H groups in total. The maximum absolute atomic E-state index is 6.17. The average Bonchev–Trinajstić information content (AvgIpc) is 2.74. The van der Waals surface area contributed by atoms with Crippen molar-refractivity contribution in [3.05, 3.63) is 52.8 Å². The van der Waals surface area contributed by atoms with E-state index in [2.05, 4.69) is 27.4 Å². The molecule has 1 atom stereocenters. The van der Waals surface area contributed by atoms with E-state index in [0.29, 0.717) is 12.0 Å². The van der Waals surface area contributed by atoms with E-state index >= 15 is 0 Å². The van der Waals surface area contributed by atoms with Crippen LogP contribution in [0.1, 0.15) is 11.1 Å². The lowest BCUT2D eigenvalue weighted by Crippen LogP contribution is -2.20. The molecule has 1 unspecified atom stereocenters. The zero-order valence-corrected chi connectivity index (χ0v) is 9.91. The first-order chi connectivity index (χ1) is 8.33. The van der Waals surface area contributed by atoms with Gasteiger partial charge in [0.15, 0.2) is 0 Å². The molecule has 3 rings (SSSR count). The lowest BCUT2D eigenvalue weighted by Gasteiger charge is -2.10. The van der Waals surface area contributed by atoms with Crippen molar-refractivity contribution in [2.45, 2.75) is 18.9 Å². The van der Waals surface area contributed by atoms with Crippen molar-refractivity contribution in [1.82, 2.24) is 9.97 Å². The van der Waals surface area contributed by atoms with Crippen LogP contribution in [0.15, 0.2) is 30.6 Å². The minimum absolute atomic E-state index is 0.326. The van der Waals surface area contributed by atoms with Crippen LogP contribution in [0.5, 0.6) is 0 Å². The summed E-state index contributed by atoms with van der Waals surface area (Å²) in [6.07, 6.45) is 5.13. The Balaban J connectivity index is 1.77. The summed E-state index contributed by atoms with van der Waals surface area (Å²) in [4.78, 5) is 8.23. The summed E-state index contributed by atoms with van der Waals surface area (Å²) in [5.41, 5.74) is 2.56. The van der Waals surface area contributed by atoms with E-state index in [0.717, 1.165) is 17.9 Å². The maximum Gasteiger partial charge on any atom is 0.222 e. The van der Waals surface area contributed by atoms with Crippen molar-refractivity contribution in [2.75, 3.05) is 5.32 Å². The van der Waals surface area contributed by atoms with Crippen LogP contribution in [0.25, 0.3) is 0 Å². The van der Waals surface area contributed by atoms with E-state index in [1.54, 1.807) is 12.4 Å². The first-order valence-corrected chi connectivity index (χ1v) is 5.91. The Bertz CT molecular complexity index is 527. The number of benzene rings is 1. The third kappa shape index (κ3) is 2.11. The Morgan fingerprint density at radius 1 is 1.24 bits per heavy atom. The van der Waals surface area contributed by atoms with Gasteiger partial charge in [0, 0.05) is 29.5 Å². The first kappa shape index (κ1) is 10.5. The third-order valence-corrected chi connectivity index (χ3v) is 3.34. The van der Waals surface area contributed by atoms with Crippen molar-refractivity contribution < 1.29 is 0 Å². The molecule has 0 amide bonds. The SMILES string of the molecule is Clc1cccc2c1CC(Nc1nc[c]cn1)C2. The molecule has 17 heavy (non-hydrogen) atoms. The van der Waals surface area contributed by atoms with Gasteiger partial charge in [-0.05, 0) is 30.0 Å². The largest absolute Gasteiger partial charge is 0.351 e. The number of nitrogens with one attached hydrogen (secondary N) is 1. The molecule has 4 heteroatoms. The number of fused-ring (bicyclic) bond motifs is 1. The minimum atomic E-state index is 0.326. The molecule has 85 valence electrons. The highest BCUT2D eigenvalue weighted by Gasteiger charge is 2.23. The normalized spacial score (nSPS) is 17.8. The Kier molecular flexibility index (Phi) is 2.69. The number of hydrogen-bond donors (Lipinski definition) is 1. The number of anilines is 1. The van der Waals surface area contributed by atoms with Gasteiger partial charge in [-0.25, -0.2) is 9.97 Å². The van der Waals surface area contributed by atoms with Crippen molar-refractivity contribution in [1.29, 1.82) is 0 Å². The highest BCUT2D eigenvalue weighted by molar-refractivity contribution is 6.31. The van der Waals surface area contributed by atoms with Gasteiger partial charge < -0.3 is 5.32 Å². The predicted molar refractivity (Wildman–Crippen MR) is 67.1 cm³/mol. The van der Waals surface area contributed by atoms with E-state index < -0.39 is 0 Å². The fraction of sp³-hybridized carbons (Fsp3) is 0.231. The summed E-state index contributed by atoms with van der Waals surface area (Å²) >= 11 is 6.17. The first-order valence-electron chi connectivity index (χ1n) is 5.54. The van der Waals surface area contributed by atoms with Gasteiger partial charge in [0.1, 0.15) is 0 Å². The summed E-state index contributed by atoms with van der Waals surface area (Å²) in [6, 6.07) is 9.19. The molecule has 0 saturated carbocycles. The van der Waals surface area contributed by atoms with Gasteiger partial charge in [0.25, 0.3) is 0 Å². The van der Waals surface area contributed by atoms with Crippen LogP contribution in [0.2, 0.25) is 5.02 Å². The Hall–Kier alpha value is -1.61. The fourth-order valence-electron chi connectivity index (χ4n) is 2.23. The van der Waals surface area contributed by atoms with E-state index in [1.165, 1.54) is 11.1 Å². The summed E-state index contributed by atoms with van der Waals surface area (Å²) in [5.74, 6) is 0.651. The van der Waals surface area contributed by atoms with Crippen molar-refractivity contribution in [3.63, 3.8) is 0 Å². The molecular formula is C13H11ClN3. The van der Waals surface area contributed by atoms with E-state index in [4.69, 9.17) is 11.6 Å². The minimum Gasteiger partial charge on any atom is -0.351 e. The molecule has 0 fully saturated rings. The Morgan fingerprint density at radius 3 is 2.82 bits per heavy atom. The number of nitrogens with zero attached hydrogens (tertiary/aromatic N) is 2. The number of aromatic nitrogens is 2. The number of rotatable bonds is 2. The second-order valence-corrected chi connectivity index (χ2v) is 4.54. The zero-order valence-electron chi connectivity index (χ0n) is 9.15. The van der Waals surface area contributed by atoms with Gasteiger partial charge >= 0.3 is 0 Å². The van der Waals surface area contributed by atoms with Gasteiger partial charge in [0.05, 0.1) is 0 Å². The molecule has 1 radical (unpaired) electrons. The second kappa shape index (κ2) is 4.34. The van der Waals surface area contributed by atoms with Crippen LogP contribution in [0.3, 0.4) is 0 Å². The standard InChI is InChI=1S/C13H11ClN3/c14-12-4-1-3-9-7-10(8-11(9)12)17-13-15-5-2-6-16-13/h1,3-6,10H,7-8H2,(H,15,16,17). The molecule has 0 spiro atoms. The highest BCUT2D eigenvalue weighted by Crippen LogP contribution is 2.29. The topological polar surface area (TPSA) is 37.8 Å². The molecule has 0 aliphatic heterocycles. The fourth-order valence-corrected chi connectivity index (χ4v) is 2.50. The molecule has 0 saturated heterocycles. The molecule has 3 nitrogen and oxygen atoms in total. The lowest BCUT2D eigenvalue weighted by molar-refractivity contribution is 0.761. The van der Waals surface area contributed by atoms with Crippen LogP contribution >= 0.6 is 11.6 Å². The summed E-state index contributed by atoms with van der Waals surface area (Å²) in [5, 5.41) is 4.17. The van der Waals surface area contributed by atoms with Crippen LogP contribution in [0.4, 0.5) is 5.95 Å². The van der Waals surface area contributed by atoms with Gasteiger partial charge in [-0.15, -0.1) is 0 Å². The van der Waals surface area contributed by atoms with E-state index in [9.17, 15) is 0 Å². The summed E-state index contributed by atoms with van der Waals surface area (Å²) < 4.78 is 0. The van der Waals surface area contributed by atoms with Gasteiger partial charge in [-0.3, -0.25) is 0 Å². The maximum atomic E-state index is 6.17. The number of halogens is 1. The monoisotopic (exact) mass is 244 g/mol. The van der Waals surface area contributed by atoms with Crippen LogP contribution in [0, 0.1) is 6.07 Å². The Labute approximate surface area is 105 Å². The van der Waals surface area contributed by atoms with Crippen molar-refractivity contribution in [2.24, 2.45) is 0 Å². The second-order valence-electron chi connectivity index (χ2n) is 4.13. The predicted octanol–water partition coefficient (Wildman–Crippen LogP) is 2.51. The average molecular weight is 245 g/mol. The van der Waals surface area contributed by atoms with Gasteiger partial charge in [0.2, 0.25) is 5.95 Å². The summed E-state index contributed by atoms with van der Waals surface area (Å²) in [7, 11) is 0. The van der Waals surface area contributed by atoms with E-state index in [1.807, 2.05) is 12.1 Å². The van der Waals surface area contributed by atoms with Gasteiger partial charge in [-0.1, -0.05) is 23.7 Å². The molecule has 1 heterocycles. The molecule has 1 aromatic carbocycles. The molecule has 0 bridgehead atoms. The molecule has 1 aliphatic rings. The van der Waals surface area contributed by atoms with Crippen LogP contribution in [-0.2, 0) is 12.8 Å². The molecular weight excluding hydrogens is 234 g/mol. The highest BCUT2D eigenvalue weighted by atomic mass is 35.5. The molecule has 1 aromatic heterocycles. The van der Waals surface area contributed by atoms with Gasteiger partial charge in [-0.2, -0.15) is 0 Å².